The molecule has 1 rings (SSSR count). The molecule has 1 aromatic rings. The molecule has 0 radical (unpaired) electrons. The molecule has 98 valence electrons. The molecule has 18 heavy (non-hydrogen) atoms. The van der Waals surface area contributed by atoms with Gasteiger partial charge in [-0.2, -0.15) is 0 Å². The predicted molar refractivity (Wildman–Crippen MR) is 69.3 cm³/mol. The Bertz CT molecular complexity index is 469. The predicted octanol–water partition coefficient (Wildman–Crippen LogP) is 1.42. The van der Waals surface area contributed by atoms with Crippen LogP contribution in [0.1, 0.15) is 29.8 Å². The highest BCUT2D eigenvalue weighted by Gasteiger charge is 2.23. The number of carboxylic acids is 1. The summed E-state index contributed by atoms with van der Waals surface area (Å²) in [6.07, 6.45) is 0. The summed E-state index contributed by atoms with van der Waals surface area (Å²) in [7, 11) is 0. The van der Waals surface area contributed by atoms with Gasteiger partial charge in [0.25, 0.3) is 5.91 Å². The van der Waals surface area contributed by atoms with E-state index < -0.39 is 17.9 Å². The number of nitrogens with two attached hydrogens (primary N) is 1. The van der Waals surface area contributed by atoms with E-state index in [2.05, 4.69) is 5.32 Å². The van der Waals surface area contributed by atoms with Crippen LogP contribution in [-0.4, -0.2) is 23.0 Å². The first-order chi connectivity index (χ1) is 8.32. The molecule has 0 saturated heterocycles. The number of anilines is 1. The molecular formula is C13H18N2O3. The molecule has 0 aliphatic rings. The SMILES string of the molecule is Cc1ccc(C(=O)N[C@H](C(=O)O)C(C)C)cc1N. The van der Waals surface area contributed by atoms with E-state index in [-0.39, 0.29) is 5.92 Å². The molecule has 4 N–H and O–H groups in total. The maximum atomic E-state index is 11.9. The number of nitrogens with one attached hydrogen (secondary N) is 1. The van der Waals surface area contributed by atoms with Crippen LogP contribution in [0.15, 0.2) is 18.2 Å². The second-order valence-electron chi connectivity index (χ2n) is 4.60. The summed E-state index contributed by atoms with van der Waals surface area (Å²) in [5.74, 6) is -1.66. The van der Waals surface area contributed by atoms with Crippen molar-refractivity contribution in [1.29, 1.82) is 0 Å². The molecule has 0 fully saturated rings. The average molecular weight is 250 g/mol. The summed E-state index contributed by atoms with van der Waals surface area (Å²) in [6.45, 7) is 5.32. The lowest BCUT2D eigenvalue weighted by molar-refractivity contribution is -0.140. The fourth-order valence-electron chi connectivity index (χ4n) is 1.52. The highest BCUT2D eigenvalue weighted by Crippen LogP contribution is 2.13. The van der Waals surface area contributed by atoms with Crippen LogP contribution in [0.3, 0.4) is 0 Å². The van der Waals surface area contributed by atoms with Gasteiger partial charge in [-0.05, 0) is 30.5 Å². The van der Waals surface area contributed by atoms with Gasteiger partial charge in [0.15, 0.2) is 0 Å². The number of nitrogen functional groups attached to an aromatic ring is 1. The zero-order valence-electron chi connectivity index (χ0n) is 10.7. The molecule has 0 unspecified atom stereocenters. The van der Waals surface area contributed by atoms with Crippen molar-refractivity contribution in [3.05, 3.63) is 29.3 Å². The van der Waals surface area contributed by atoms with Crippen LogP contribution in [0.4, 0.5) is 5.69 Å². The number of hydrogen-bond donors (Lipinski definition) is 3. The van der Waals surface area contributed by atoms with Gasteiger partial charge in [0.1, 0.15) is 6.04 Å². The van der Waals surface area contributed by atoms with Crippen LogP contribution < -0.4 is 11.1 Å². The van der Waals surface area contributed by atoms with Gasteiger partial charge in [-0.15, -0.1) is 0 Å². The molecule has 1 aromatic carbocycles. The van der Waals surface area contributed by atoms with Gasteiger partial charge >= 0.3 is 5.97 Å². The lowest BCUT2D eigenvalue weighted by Gasteiger charge is -2.18. The zero-order chi connectivity index (χ0) is 13.9. The van der Waals surface area contributed by atoms with Crippen molar-refractivity contribution in [2.45, 2.75) is 26.8 Å². The summed E-state index contributed by atoms with van der Waals surface area (Å²) in [5.41, 5.74) is 7.47. The van der Waals surface area contributed by atoms with Crippen molar-refractivity contribution in [2.75, 3.05) is 5.73 Å². The number of rotatable bonds is 4. The Kier molecular flexibility index (Phi) is 4.31. The Hall–Kier alpha value is -2.04. The molecule has 1 amide bonds. The highest BCUT2D eigenvalue weighted by molar-refractivity contribution is 5.97. The van der Waals surface area contributed by atoms with E-state index in [1.54, 1.807) is 32.0 Å². The third-order valence-electron chi connectivity index (χ3n) is 2.76. The lowest BCUT2D eigenvalue weighted by atomic mass is 10.0. The van der Waals surface area contributed by atoms with Crippen molar-refractivity contribution in [3.8, 4) is 0 Å². The number of aliphatic carboxylic acids is 1. The summed E-state index contributed by atoms with van der Waals surface area (Å²) >= 11 is 0. The molecule has 0 heterocycles. The fourth-order valence-corrected chi connectivity index (χ4v) is 1.52. The van der Waals surface area contributed by atoms with E-state index in [1.165, 1.54) is 0 Å². The Morgan fingerprint density at radius 2 is 1.94 bits per heavy atom. The maximum Gasteiger partial charge on any atom is 0.326 e. The number of carboxylic acid groups (broad SMARTS) is 1. The molecule has 0 aliphatic heterocycles. The van der Waals surface area contributed by atoms with E-state index in [1.807, 2.05) is 6.92 Å². The Morgan fingerprint density at radius 3 is 2.39 bits per heavy atom. The molecule has 5 heteroatoms. The molecule has 0 bridgehead atoms. The Balaban J connectivity index is 2.87. The van der Waals surface area contributed by atoms with Crippen LogP contribution >= 0.6 is 0 Å². The summed E-state index contributed by atoms with van der Waals surface area (Å²) in [6, 6.07) is 4.00. The van der Waals surface area contributed by atoms with E-state index in [0.717, 1.165) is 5.56 Å². The molecule has 5 nitrogen and oxygen atoms in total. The van der Waals surface area contributed by atoms with E-state index >= 15 is 0 Å². The first-order valence-corrected chi connectivity index (χ1v) is 5.72. The lowest BCUT2D eigenvalue weighted by Crippen LogP contribution is -2.44. The standard InChI is InChI=1S/C13H18N2O3/c1-7(2)11(13(17)18)15-12(16)9-5-4-8(3)10(14)6-9/h4-7,11H,14H2,1-3H3,(H,15,16)(H,17,18)/t11-/m0/s1. The van der Waals surface area contributed by atoms with Crippen LogP contribution in [0.25, 0.3) is 0 Å². The summed E-state index contributed by atoms with van der Waals surface area (Å²) < 4.78 is 0. The van der Waals surface area contributed by atoms with Gasteiger partial charge in [0.2, 0.25) is 0 Å². The number of hydrogen-bond acceptors (Lipinski definition) is 3. The third kappa shape index (κ3) is 3.23. The first-order valence-electron chi connectivity index (χ1n) is 5.72. The minimum absolute atomic E-state index is 0.186. The largest absolute Gasteiger partial charge is 0.480 e. The quantitative estimate of drug-likeness (QED) is 0.704. The molecular weight excluding hydrogens is 232 g/mol. The van der Waals surface area contributed by atoms with Crippen molar-refractivity contribution >= 4 is 17.6 Å². The van der Waals surface area contributed by atoms with Crippen molar-refractivity contribution < 1.29 is 14.7 Å². The van der Waals surface area contributed by atoms with Gasteiger partial charge in [0, 0.05) is 11.3 Å². The van der Waals surface area contributed by atoms with Crippen LogP contribution in [0.5, 0.6) is 0 Å². The average Bonchev–Trinajstić information content (AvgIpc) is 2.28. The Morgan fingerprint density at radius 1 is 1.33 bits per heavy atom. The maximum absolute atomic E-state index is 11.9. The van der Waals surface area contributed by atoms with Crippen molar-refractivity contribution in [1.82, 2.24) is 5.32 Å². The Labute approximate surface area is 106 Å². The highest BCUT2D eigenvalue weighted by atomic mass is 16.4. The molecule has 0 aromatic heterocycles. The fraction of sp³-hybridized carbons (Fsp3) is 0.385. The monoisotopic (exact) mass is 250 g/mol. The van der Waals surface area contributed by atoms with Gasteiger partial charge in [-0.25, -0.2) is 4.79 Å². The first kappa shape index (κ1) is 14.0. The molecule has 1 atom stereocenters. The minimum Gasteiger partial charge on any atom is -0.480 e. The van der Waals surface area contributed by atoms with E-state index in [9.17, 15) is 9.59 Å². The van der Waals surface area contributed by atoms with Crippen LogP contribution in [0, 0.1) is 12.8 Å². The number of benzene rings is 1. The molecule has 0 aliphatic carbocycles. The number of amides is 1. The van der Waals surface area contributed by atoms with Crippen LogP contribution in [-0.2, 0) is 4.79 Å². The van der Waals surface area contributed by atoms with E-state index in [0.29, 0.717) is 11.3 Å². The van der Waals surface area contributed by atoms with Gasteiger partial charge < -0.3 is 16.2 Å². The third-order valence-corrected chi connectivity index (χ3v) is 2.76. The minimum atomic E-state index is -1.04. The number of carbonyl (C=O) groups is 2. The van der Waals surface area contributed by atoms with Gasteiger partial charge in [-0.3, -0.25) is 4.79 Å². The second-order valence-corrected chi connectivity index (χ2v) is 4.60. The van der Waals surface area contributed by atoms with E-state index in [4.69, 9.17) is 10.8 Å². The van der Waals surface area contributed by atoms with Crippen molar-refractivity contribution in [2.24, 2.45) is 5.92 Å². The van der Waals surface area contributed by atoms with Gasteiger partial charge in [-0.1, -0.05) is 19.9 Å². The molecule has 0 saturated carbocycles. The number of aryl methyl sites for hydroxylation is 1. The smallest absolute Gasteiger partial charge is 0.326 e. The van der Waals surface area contributed by atoms with Crippen molar-refractivity contribution in [3.63, 3.8) is 0 Å². The zero-order valence-corrected chi connectivity index (χ0v) is 10.7. The summed E-state index contributed by atoms with van der Waals surface area (Å²) in [4.78, 5) is 22.9. The normalized spacial score (nSPS) is 12.2. The second kappa shape index (κ2) is 5.53. The topological polar surface area (TPSA) is 92.4 Å². The van der Waals surface area contributed by atoms with Crippen LogP contribution in [0.2, 0.25) is 0 Å². The summed E-state index contributed by atoms with van der Waals surface area (Å²) in [5, 5.41) is 11.5. The molecule has 0 spiro atoms. The number of carbonyl (C=O) groups excluding carboxylic acids is 1. The van der Waals surface area contributed by atoms with Gasteiger partial charge in [0.05, 0.1) is 0 Å².